The number of fused-ring (bicyclic) bond motifs is 1. The Balaban J connectivity index is 1.69. The zero-order chi connectivity index (χ0) is 16.2. The summed E-state index contributed by atoms with van der Waals surface area (Å²) in [6.07, 6.45) is -0.0556. The molecule has 1 N–H and O–H groups in total. The monoisotopic (exact) mass is 379 g/mol. The topological polar surface area (TPSA) is 65.4 Å². The number of carbonyl (C=O) groups is 1. The number of nitrogens with one attached hydrogen (secondary N) is 1. The minimum Gasteiger partial charge on any atom is -0.383 e. The maximum atomic E-state index is 12.0. The molecule has 1 atom stereocenters. The van der Waals surface area contributed by atoms with E-state index in [4.69, 9.17) is 9.47 Å². The average molecular weight is 380 g/mol. The highest BCUT2D eigenvalue weighted by atomic mass is 79.9. The number of carbonyl (C=O) groups excluding carboxylic acids is 1. The predicted octanol–water partition coefficient (Wildman–Crippen LogP) is 2.29. The van der Waals surface area contributed by atoms with E-state index in [1.807, 2.05) is 28.9 Å². The van der Waals surface area contributed by atoms with Gasteiger partial charge >= 0.3 is 0 Å². The lowest BCUT2D eigenvalue weighted by molar-refractivity contribution is -0.00120. The first-order valence-electron chi connectivity index (χ1n) is 7.38. The zero-order valence-corrected chi connectivity index (χ0v) is 14.4. The number of rotatable bonds is 5. The average Bonchev–Trinajstić information content (AvgIpc) is 2.99. The Kier molecular flexibility index (Phi) is 5.09. The number of halogens is 1. The van der Waals surface area contributed by atoms with Crippen molar-refractivity contribution in [1.82, 2.24) is 15.1 Å². The molecule has 0 saturated carbocycles. The van der Waals surface area contributed by atoms with Gasteiger partial charge in [0.2, 0.25) is 0 Å². The molecule has 0 unspecified atom stereocenters. The second kappa shape index (κ2) is 7.25. The van der Waals surface area contributed by atoms with Gasteiger partial charge < -0.3 is 14.8 Å². The maximum absolute atomic E-state index is 12.0. The van der Waals surface area contributed by atoms with Crippen LogP contribution in [0, 0.1) is 0 Å². The molecule has 0 spiro atoms. The lowest BCUT2D eigenvalue weighted by Gasteiger charge is -2.24. The van der Waals surface area contributed by atoms with Crippen LogP contribution < -0.4 is 5.32 Å². The van der Waals surface area contributed by atoms with Gasteiger partial charge in [0.1, 0.15) is 6.10 Å². The Hall–Kier alpha value is -1.70. The summed E-state index contributed by atoms with van der Waals surface area (Å²) in [6, 6.07) is 9.82. The minimum atomic E-state index is -0.191. The second-order valence-corrected chi connectivity index (χ2v) is 6.22. The molecule has 1 aliphatic heterocycles. The van der Waals surface area contributed by atoms with E-state index < -0.39 is 0 Å². The molecule has 23 heavy (non-hydrogen) atoms. The van der Waals surface area contributed by atoms with Crippen molar-refractivity contribution in [1.29, 1.82) is 0 Å². The van der Waals surface area contributed by atoms with E-state index in [0.29, 0.717) is 32.0 Å². The number of hydrogen-bond donors (Lipinski definition) is 1. The van der Waals surface area contributed by atoms with Crippen molar-refractivity contribution in [3.05, 3.63) is 51.8 Å². The van der Waals surface area contributed by atoms with E-state index in [9.17, 15) is 4.79 Å². The molecule has 1 aliphatic rings. The fourth-order valence-corrected chi connectivity index (χ4v) is 2.74. The maximum Gasteiger partial charge on any atom is 0.271 e. The molecular formula is C16H18BrN3O3. The number of methoxy groups -OCH3 is 1. The first-order chi connectivity index (χ1) is 11.2. The van der Waals surface area contributed by atoms with E-state index in [1.165, 1.54) is 0 Å². The molecule has 3 rings (SSSR count). The Morgan fingerprint density at radius 3 is 3.00 bits per heavy atom. The fourth-order valence-electron chi connectivity index (χ4n) is 2.47. The third-order valence-electron chi connectivity index (χ3n) is 3.70. The van der Waals surface area contributed by atoms with Crippen LogP contribution in [0.2, 0.25) is 0 Å². The van der Waals surface area contributed by atoms with Crippen LogP contribution in [0.1, 0.15) is 27.8 Å². The van der Waals surface area contributed by atoms with Crippen molar-refractivity contribution in [2.24, 2.45) is 0 Å². The molecular weight excluding hydrogens is 362 g/mol. The summed E-state index contributed by atoms with van der Waals surface area (Å²) in [5.74, 6) is -0.191. The number of ether oxygens (including phenoxy) is 2. The third-order valence-corrected chi connectivity index (χ3v) is 4.23. The number of amides is 1. The molecule has 2 heterocycles. The van der Waals surface area contributed by atoms with Crippen LogP contribution >= 0.6 is 15.9 Å². The van der Waals surface area contributed by atoms with Crippen molar-refractivity contribution in [2.75, 3.05) is 20.3 Å². The van der Waals surface area contributed by atoms with Gasteiger partial charge in [-0.2, -0.15) is 5.10 Å². The fraction of sp³-hybridized carbons (Fsp3) is 0.375. The van der Waals surface area contributed by atoms with Crippen LogP contribution in [0.5, 0.6) is 0 Å². The van der Waals surface area contributed by atoms with Gasteiger partial charge in [-0.15, -0.1) is 0 Å². The summed E-state index contributed by atoms with van der Waals surface area (Å²) >= 11 is 3.43. The molecule has 7 heteroatoms. The van der Waals surface area contributed by atoms with Crippen molar-refractivity contribution < 1.29 is 14.3 Å². The van der Waals surface area contributed by atoms with E-state index >= 15 is 0 Å². The smallest absolute Gasteiger partial charge is 0.271 e. The van der Waals surface area contributed by atoms with Gasteiger partial charge in [0.25, 0.3) is 5.91 Å². The van der Waals surface area contributed by atoms with Crippen molar-refractivity contribution in [3.8, 4) is 0 Å². The molecule has 0 bridgehead atoms. The highest BCUT2D eigenvalue weighted by Crippen LogP contribution is 2.27. The summed E-state index contributed by atoms with van der Waals surface area (Å²) in [5, 5.41) is 7.17. The molecule has 0 aliphatic carbocycles. The SMILES string of the molecule is COCCNC(=O)c1cc2n(n1)C[C@@H](c1ccc(Br)cc1)OC2. The van der Waals surface area contributed by atoms with Crippen LogP contribution in [-0.2, 0) is 22.6 Å². The highest BCUT2D eigenvalue weighted by Gasteiger charge is 2.23. The lowest BCUT2D eigenvalue weighted by Crippen LogP contribution is -2.27. The lowest BCUT2D eigenvalue weighted by atomic mass is 10.1. The predicted molar refractivity (Wildman–Crippen MR) is 88.1 cm³/mol. The first-order valence-corrected chi connectivity index (χ1v) is 8.17. The highest BCUT2D eigenvalue weighted by molar-refractivity contribution is 9.10. The third kappa shape index (κ3) is 3.80. The van der Waals surface area contributed by atoms with Crippen LogP contribution in [-0.4, -0.2) is 35.9 Å². The van der Waals surface area contributed by atoms with Crippen LogP contribution in [0.15, 0.2) is 34.8 Å². The molecule has 1 aromatic carbocycles. The van der Waals surface area contributed by atoms with Gasteiger partial charge in [-0.25, -0.2) is 0 Å². The number of aromatic nitrogens is 2. The molecule has 1 amide bonds. The van der Waals surface area contributed by atoms with E-state index in [-0.39, 0.29) is 12.0 Å². The number of nitrogens with zero attached hydrogens (tertiary/aromatic N) is 2. The van der Waals surface area contributed by atoms with Gasteiger partial charge in [-0.05, 0) is 23.8 Å². The summed E-state index contributed by atoms with van der Waals surface area (Å²) in [7, 11) is 1.60. The summed E-state index contributed by atoms with van der Waals surface area (Å²) < 4.78 is 13.7. The molecule has 0 saturated heterocycles. The molecule has 6 nitrogen and oxygen atoms in total. The van der Waals surface area contributed by atoms with Crippen LogP contribution in [0.3, 0.4) is 0 Å². The molecule has 2 aromatic rings. The van der Waals surface area contributed by atoms with Gasteiger partial charge in [-0.1, -0.05) is 28.1 Å². The Morgan fingerprint density at radius 1 is 1.48 bits per heavy atom. The first kappa shape index (κ1) is 16.2. The largest absolute Gasteiger partial charge is 0.383 e. The van der Waals surface area contributed by atoms with Crippen LogP contribution in [0.4, 0.5) is 0 Å². The second-order valence-electron chi connectivity index (χ2n) is 5.30. The normalized spacial score (nSPS) is 16.9. The Bertz CT molecular complexity index is 684. The van der Waals surface area contributed by atoms with Gasteiger partial charge in [0, 0.05) is 18.1 Å². The Morgan fingerprint density at radius 2 is 2.26 bits per heavy atom. The molecule has 0 fully saturated rings. The van der Waals surface area contributed by atoms with Gasteiger partial charge in [0.05, 0.1) is 25.5 Å². The van der Waals surface area contributed by atoms with Crippen LogP contribution in [0.25, 0.3) is 0 Å². The Labute approximate surface area is 142 Å². The van der Waals surface area contributed by atoms with Gasteiger partial charge in [-0.3, -0.25) is 9.48 Å². The number of hydrogen-bond acceptors (Lipinski definition) is 4. The standard InChI is InChI=1S/C16H18BrN3O3/c1-22-7-6-18-16(21)14-8-13-10-23-15(9-20(13)19-14)11-2-4-12(17)5-3-11/h2-5,8,15H,6-7,9-10H2,1H3,(H,18,21)/t15-/m0/s1. The van der Waals surface area contributed by atoms with Crippen molar-refractivity contribution in [2.45, 2.75) is 19.3 Å². The van der Waals surface area contributed by atoms with Gasteiger partial charge in [0.15, 0.2) is 5.69 Å². The minimum absolute atomic E-state index is 0.0556. The van der Waals surface area contributed by atoms with Crippen molar-refractivity contribution in [3.63, 3.8) is 0 Å². The summed E-state index contributed by atoms with van der Waals surface area (Å²) in [4.78, 5) is 12.0. The van der Waals surface area contributed by atoms with Crippen molar-refractivity contribution >= 4 is 21.8 Å². The molecule has 0 radical (unpaired) electrons. The molecule has 122 valence electrons. The quantitative estimate of drug-likeness (QED) is 0.809. The van der Waals surface area contributed by atoms with E-state index in [2.05, 4.69) is 26.3 Å². The molecule has 1 aromatic heterocycles. The summed E-state index contributed by atoms with van der Waals surface area (Å²) in [5.41, 5.74) is 2.42. The van der Waals surface area contributed by atoms with E-state index in [0.717, 1.165) is 15.7 Å². The number of benzene rings is 1. The summed E-state index contributed by atoms with van der Waals surface area (Å²) in [6.45, 7) is 1.99. The van der Waals surface area contributed by atoms with E-state index in [1.54, 1.807) is 13.2 Å². The zero-order valence-electron chi connectivity index (χ0n) is 12.8.